The first-order valence-corrected chi connectivity index (χ1v) is 11.7. The Kier molecular flexibility index (Phi) is 6.39. The first kappa shape index (κ1) is 21.5. The van der Waals surface area contributed by atoms with Gasteiger partial charge in [0, 0.05) is 41.4 Å². The van der Waals surface area contributed by atoms with Crippen LogP contribution in [0.25, 0.3) is 10.6 Å². The standard InChI is InChI=1S/C25H30N4OS/c1-17(2)18-5-7-19(8-6-18)25-27-23(16-31-25)24(30)26-20-9-11-21(12-10-20)29-14-13-22(15-29)28(3)4/h5-12,16-17,22H,13-15H2,1-4H3,(H,26,30). The number of anilines is 2. The summed E-state index contributed by atoms with van der Waals surface area (Å²) in [5.41, 5.74) is 4.77. The zero-order chi connectivity index (χ0) is 22.0. The molecule has 0 spiro atoms. The molecule has 0 bridgehead atoms. The molecule has 0 saturated carbocycles. The van der Waals surface area contributed by atoms with Crippen LogP contribution in [-0.2, 0) is 0 Å². The Morgan fingerprint density at radius 3 is 2.45 bits per heavy atom. The van der Waals surface area contributed by atoms with E-state index in [1.165, 1.54) is 29.0 Å². The monoisotopic (exact) mass is 434 g/mol. The fraction of sp³-hybridized carbons (Fsp3) is 0.360. The van der Waals surface area contributed by atoms with Crippen LogP contribution in [0.4, 0.5) is 11.4 Å². The molecule has 6 heteroatoms. The van der Waals surface area contributed by atoms with Gasteiger partial charge in [0.25, 0.3) is 5.91 Å². The molecule has 1 unspecified atom stereocenters. The maximum Gasteiger partial charge on any atom is 0.275 e. The number of rotatable bonds is 6. The molecule has 0 radical (unpaired) electrons. The average molecular weight is 435 g/mol. The molecule has 1 aliphatic heterocycles. The molecule has 1 fully saturated rings. The molecule has 5 nitrogen and oxygen atoms in total. The second-order valence-corrected chi connectivity index (χ2v) is 9.53. The summed E-state index contributed by atoms with van der Waals surface area (Å²) < 4.78 is 0. The molecule has 31 heavy (non-hydrogen) atoms. The van der Waals surface area contributed by atoms with E-state index in [9.17, 15) is 4.79 Å². The van der Waals surface area contributed by atoms with Crippen molar-refractivity contribution in [1.29, 1.82) is 0 Å². The van der Waals surface area contributed by atoms with Gasteiger partial charge in [-0.05, 0) is 56.3 Å². The highest BCUT2D eigenvalue weighted by Gasteiger charge is 2.24. The van der Waals surface area contributed by atoms with Crippen LogP contribution in [0.3, 0.4) is 0 Å². The minimum atomic E-state index is -0.178. The van der Waals surface area contributed by atoms with E-state index in [0.717, 1.165) is 29.3 Å². The van der Waals surface area contributed by atoms with Gasteiger partial charge in [0.1, 0.15) is 10.7 Å². The van der Waals surface area contributed by atoms with Crippen molar-refractivity contribution < 1.29 is 4.79 Å². The van der Waals surface area contributed by atoms with Crippen molar-refractivity contribution in [2.75, 3.05) is 37.4 Å². The van der Waals surface area contributed by atoms with Crippen molar-refractivity contribution >= 4 is 28.6 Å². The summed E-state index contributed by atoms with van der Waals surface area (Å²) in [5, 5.41) is 5.65. The minimum Gasteiger partial charge on any atom is -0.370 e. The van der Waals surface area contributed by atoms with Crippen LogP contribution >= 0.6 is 11.3 Å². The third kappa shape index (κ3) is 4.97. The molecule has 1 amide bonds. The highest BCUT2D eigenvalue weighted by molar-refractivity contribution is 7.13. The van der Waals surface area contributed by atoms with Crippen molar-refractivity contribution in [1.82, 2.24) is 9.88 Å². The number of benzene rings is 2. The molecule has 4 rings (SSSR count). The maximum atomic E-state index is 12.7. The largest absolute Gasteiger partial charge is 0.370 e. The lowest BCUT2D eigenvalue weighted by atomic mass is 10.0. The molecule has 2 aromatic carbocycles. The zero-order valence-electron chi connectivity index (χ0n) is 18.6. The number of thiazole rings is 1. The number of carbonyl (C=O) groups is 1. The van der Waals surface area contributed by atoms with Gasteiger partial charge in [0.15, 0.2) is 0 Å². The van der Waals surface area contributed by atoms with Gasteiger partial charge in [0.2, 0.25) is 0 Å². The number of likely N-dealkylation sites (N-methyl/N-ethyl adjacent to an activating group) is 1. The van der Waals surface area contributed by atoms with Crippen LogP contribution in [-0.4, -0.2) is 49.0 Å². The number of nitrogens with zero attached hydrogens (tertiary/aromatic N) is 3. The highest BCUT2D eigenvalue weighted by atomic mass is 32.1. The number of nitrogens with one attached hydrogen (secondary N) is 1. The lowest BCUT2D eigenvalue weighted by Crippen LogP contribution is -2.31. The van der Waals surface area contributed by atoms with Gasteiger partial charge in [-0.2, -0.15) is 0 Å². The van der Waals surface area contributed by atoms with E-state index in [-0.39, 0.29) is 5.91 Å². The summed E-state index contributed by atoms with van der Waals surface area (Å²) in [6.07, 6.45) is 1.18. The smallest absolute Gasteiger partial charge is 0.275 e. The van der Waals surface area contributed by atoms with Gasteiger partial charge >= 0.3 is 0 Å². The molecule has 1 aliphatic rings. The predicted molar refractivity (Wildman–Crippen MR) is 130 cm³/mol. The number of amides is 1. The van der Waals surface area contributed by atoms with Crippen LogP contribution < -0.4 is 10.2 Å². The Labute approximate surface area is 188 Å². The van der Waals surface area contributed by atoms with Crippen LogP contribution in [0, 0.1) is 0 Å². The third-order valence-corrected chi connectivity index (χ3v) is 6.84. The van der Waals surface area contributed by atoms with Crippen molar-refractivity contribution in [3.8, 4) is 10.6 Å². The van der Waals surface area contributed by atoms with Crippen molar-refractivity contribution in [3.63, 3.8) is 0 Å². The number of hydrogen-bond acceptors (Lipinski definition) is 5. The van der Waals surface area contributed by atoms with Gasteiger partial charge < -0.3 is 15.1 Å². The summed E-state index contributed by atoms with van der Waals surface area (Å²) in [5.74, 6) is 0.320. The van der Waals surface area contributed by atoms with Crippen LogP contribution in [0.2, 0.25) is 0 Å². The van der Waals surface area contributed by atoms with Crippen LogP contribution in [0.15, 0.2) is 53.9 Å². The van der Waals surface area contributed by atoms with E-state index >= 15 is 0 Å². The predicted octanol–water partition coefficient (Wildman–Crippen LogP) is 5.33. The maximum absolute atomic E-state index is 12.7. The van der Waals surface area contributed by atoms with E-state index in [1.807, 2.05) is 17.5 Å². The van der Waals surface area contributed by atoms with Gasteiger partial charge in [-0.1, -0.05) is 38.1 Å². The lowest BCUT2D eigenvalue weighted by molar-refractivity contribution is 0.102. The normalized spacial score (nSPS) is 16.3. The van der Waals surface area contributed by atoms with Gasteiger partial charge in [-0.25, -0.2) is 4.98 Å². The summed E-state index contributed by atoms with van der Waals surface area (Å²) >= 11 is 1.49. The molecule has 1 atom stereocenters. The second-order valence-electron chi connectivity index (χ2n) is 8.67. The lowest BCUT2D eigenvalue weighted by Gasteiger charge is -2.22. The summed E-state index contributed by atoms with van der Waals surface area (Å²) in [6.45, 7) is 6.46. The first-order valence-electron chi connectivity index (χ1n) is 10.8. The molecule has 3 aromatic rings. The fourth-order valence-electron chi connectivity index (χ4n) is 3.87. The zero-order valence-corrected chi connectivity index (χ0v) is 19.4. The van der Waals surface area contributed by atoms with Crippen LogP contribution in [0.5, 0.6) is 0 Å². The van der Waals surface area contributed by atoms with E-state index in [4.69, 9.17) is 0 Å². The van der Waals surface area contributed by atoms with Gasteiger partial charge in [-0.15, -0.1) is 11.3 Å². The molecule has 0 aliphatic carbocycles. The Bertz CT molecular complexity index is 1020. The number of carbonyl (C=O) groups excluding carboxylic acids is 1. The Morgan fingerprint density at radius 1 is 1.13 bits per heavy atom. The summed E-state index contributed by atoms with van der Waals surface area (Å²) in [6, 6.07) is 17.1. The van der Waals surface area contributed by atoms with Crippen molar-refractivity contribution in [2.24, 2.45) is 0 Å². The van der Waals surface area contributed by atoms with Crippen LogP contribution in [0.1, 0.15) is 42.2 Å². The molecular formula is C25H30N4OS. The molecule has 2 heterocycles. The van der Waals surface area contributed by atoms with Crippen molar-refractivity contribution in [2.45, 2.75) is 32.2 Å². The molecular weight excluding hydrogens is 404 g/mol. The highest BCUT2D eigenvalue weighted by Crippen LogP contribution is 2.27. The Morgan fingerprint density at radius 2 is 1.84 bits per heavy atom. The Hall–Kier alpha value is -2.70. The summed E-state index contributed by atoms with van der Waals surface area (Å²) in [7, 11) is 4.27. The second kappa shape index (κ2) is 9.20. The third-order valence-electron chi connectivity index (χ3n) is 5.95. The Balaban J connectivity index is 1.39. The van der Waals surface area contributed by atoms with Gasteiger partial charge in [0.05, 0.1) is 0 Å². The van der Waals surface area contributed by atoms with E-state index in [0.29, 0.717) is 17.7 Å². The van der Waals surface area contributed by atoms with E-state index < -0.39 is 0 Å². The SMILES string of the molecule is CC(C)c1ccc(-c2nc(C(=O)Nc3ccc(N4CCC(N(C)C)C4)cc3)cs2)cc1. The van der Waals surface area contributed by atoms with Crippen molar-refractivity contribution in [3.05, 3.63) is 65.2 Å². The molecule has 1 saturated heterocycles. The average Bonchev–Trinajstić information content (AvgIpc) is 3.45. The molecule has 1 N–H and O–H groups in total. The van der Waals surface area contributed by atoms with E-state index in [2.05, 4.69) is 84.4 Å². The minimum absolute atomic E-state index is 0.178. The fourth-order valence-corrected chi connectivity index (χ4v) is 4.68. The summed E-state index contributed by atoms with van der Waals surface area (Å²) in [4.78, 5) is 21.9. The van der Waals surface area contributed by atoms with Gasteiger partial charge in [-0.3, -0.25) is 4.79 Å². The quantitative estimate of drug-likeness (QED) is 0.570. The topological polar surface area (TPSA) is 48.5 Å². The first-order chi connectivity index (χ1) is 14.9. The number of aromatic nitrogens is 1. The molecule has 1 aromatic heterocycles. The van der Waals surface area contributed by atoms with E-state index in [1.54, 1.807) is 0 Å². The number of hydrogen-bond donors (Lipinski definition) is 1. The molecule has 162 valence electrons.